The van der Waals surface area contributed by atoms with Crippen LogP contribution in [0.4, 0.5) is 0 Å². The van der Waals surface area contributed by atoms with Crippen LogP contribution < -0.4 is 0 Å². The number of carbonyl (C=O) groups excluding carboxylic acids is 1. The Hall–Kier alpha value is -0.610. The Morgan fingerprint density at radius 1 is 1.44 bits per heavy atom. The van der Waals surface area contributed by atoms with Crippen molar-refractivity contribution in [3.05, 3.63) is 0 Å². The van der Waals surface area contributed by atoms with Crippen LogP contribution >= 0.6 is 0 Å². The molecule has 0 saturated carbocycles. The van der Waals surface area contributed by atoms with E-state index in [0.717, 1.165) is 12.8 Å². The molecule has 0 aromatic rings. The van der Waals surface area contributed by atoms with Gasteiger partial charge in [-0.1, -0.05) is 20.8 Å². The molecule has 0 radical (unpaired) electrons. The molecule has 2 heterocycles. The average Bonchev–Trinajstić information content (AvgIpc) is 2.98. The van der Waals surface area contributed by atoms with Gasteiger partial charge in [0, 0.05) is 19.4 Å². The molecule has 0 N–H and O–H groups in total. The van der Waals surface area contributed by atoms with Crippen molar-refractivity contribution in [2.24, 2.45) is 5.92 Å². The molecule has 0 amide bonds. The minimum absolute atomic E-state index is 0.182. The van der Waals surface area contributed by atoms with Crippen LogP contribution in [0.15, 0.2) is 0 Å². The summed E-state index contributed by atoms with van der Waals surface area (Å²) in [5.74, 6) is 0.250. The van der Waals surface area contributed by atoms with Crippen LogP contribution in [0.25, 0.3) is 0 Å². The Bertz CT molecular complexity index is 328. The van der Waals surface area contributed by atoms with Crippen LogP contribution in [0.1, 0.15) is 47.0 Å². The van der Waals surface area contributed by atoms with E-state index < -0.39 is 5.60 Å². The molecule has 2 saturated heterocycles. The van der Waals surface area contributed by atoms with Gasteiger partial charge in [-0.15, -0.1) is 0 Å². The van der Waals surface area contributed by atoms with E-state index in [1.165, 1.54) is 0 Å². The van der Waals surface area contributed by atoms with E-state index in [2.05, 4.69) is 13.8 Å². The predicted molar refractivity (Wildman–Crippen MR) is 67.3 cm³/mol. The molecule has 3 unspecified atom stereocenters. The fourth-order valence-corrected chi connectivity index (χ4v) is 3.07. The molecule has 104 valence electrons. The van der Waals surface area contributed by atoms with Crippen molar-refractivity contribution in [1.82, 2.24) is 0 Å². The Morgan fingerprint density at radius 2 is 2.17 bits per heavy atom. The van der Waals surface area contributed by atoms with E-state index in [4.69, 9.17) is 14.2 Å². The number of epoxide rings is 1. The normalized spacial score (nSPS) is 39.1. The molecule has 3 atom stereocenters. The summed E-state index contributed by atoms with van der Waals surface area (Å²) in [6.07, 6.45) is 2.46. The van der Waals surface area contributed by atoms with Crippen LogP contribution in [-0.2, 0) is 19.0 Å². The lowest BCUT2D eigenvalue weighted by Gasteiger charge is -2.31. The van der Waals surface area contributed by atoms with E-state index >= 15 is 0 Å². The summed E-state index contributed by atoms with van der Waals surface area (Å²) in [4.78, 5) is 12.1. The lowest BCUT2D eigenvalue weighted by molar-refractivity contribution is -0.149. The number of rotatable bonds is 4. The monoisotopic (exact) mass is 256 g/mol. The van der Waals surface area contributed by atoms with Gasteiger partial charge in [-0.3, -0.25) is 0 Å². The smallest absolute Gasteiger partial charge is 0.341 e. The first-order chi connectivity index (χ1) is 8.51. The molecule has 18 heavy (non-hydrogen) atoms. The van der Waals surface area contributed by atoms with Crippen LogP contribution in [0.3, 0.4) is 0 Å². The Kier molecular flexibility index (Phi) is 3.70. The summed E-state index contributed by atoms with van der Waals surface area (Å²) in [5.41, 5.74) is -1.04. The van der Waals surface area contributed by atoms with E-state index in [1.807, 2.05) is 13.8 Å². The number of hydrogen-bond donors (Lipinski definition) is 0. The fourth-order valence-electron chi connectivity index (χ4n) is 3.07. The van der Waals surface area contributed by atoms with Crippen LogP contribution in [0.2, 0.25) is 0 Å². The molecule has 0 aromatic heterocycles. The van der Waals surface area contributed by atoms with Crippen molar-refractivity contribution < 1.29 is 19.0 Å². The highest BCUT2D eigenvalue weighted by molar-refractivity contribution is 5.85. The third kappa shape index (κ3) is 1.95. The van der Waals surface area contributed by atoms with Gasteiger partial charge in [-0.2, -0.15) is 0 Å². The summed E-state index contributed by atoms with van der Waals surface area (Å²) in [5, 5.41) is 0. The SMILES string of the molecule is CCOC(=O)C1(CC)OC12CCOC(C(C)C)C2. The summed E-state index contributed by atoms with van der Waals surface area (Å²) in [6.45, 7) is 9.19. The standard InChI is InChI=1S/C14H24O4/c1-5-14(12(15)16-6-2)13(18-14)7-8-17-11(9-13)10(3)4/h10-11H,5-9H2,1-4H3. The summed E-state index contributed by atoms with van der Waals surface area (Å²) in [7, 11) is 0. The molecule has 2 aliphatic heterocycles. The zero-order chi connectivity index (χ0) is 13.4. The zero-order valence-corrected chi connectivity index (χ0v) is 11.8. The summed E-state index contributed by atoms with van der Waals surface area (Å²) >= 11 is 0. The van der Waals surface area contributed by atoms with Gasteiger partial charge < -0.3 is 14.2 Å². The van der Waals surface area contributed by atoms with Gasteiger partial charge in [0.15, 0.2) is 5.60 Å². The first-order valence-electron chi connectivity index (χ1n) is 7.00. The highest BCUT2D eigenvalue weighted by atomic mass is 16.7. The molecular formula is C14H24O4. The van der Waals surface area contributed by atoms with Crippen molar-refractivity contribution in [3.63, 3.8) is 0 Å². The average molecular weight is 256 g/mol. The summed E-state index contributed by atoms with van der Waals surface area (Å²) in [6, 6.07) is 0. The molecule has 4 heteroatoms. The van der Waals surface area contributed by atoms with Gasteiger partial charge in [0.2, 0.25) is 0 Å². The Balaban J connectivity index is 2.11. The topological polar surface area (TPSA) is 48.1 Å². The van der Waals surface area contributed by atoms with Gasteiger partial charge in [0.25, 0.3) is 0 Å². The maximum absolute atomic E-state index is 12.1. The van der Waals surface area contributed by atoms with Gasteiger partial charge >= 0.3 is 5.97 Å². The van der Waals surface area contributed by atoms with Crippen molar-refractivity contribution in [2.45, 2.75) is 64.3 Å². The van der Waals surface area contributed by atoms with Gasteiger partial charge in [-0.25, -0.2) is 4.79 Å². The second-order valence-electron chi connectivity index (χ2n) is 5.60. The second kappa shape index (κ2) is 4.82. The number of esters is 1. The number of carbonyl (C=O) groups is 1. The van der Waals surface area contributed by atoms with Crippen LogP contribution in [0, 0.1) is 5.92 Å². The first-order valence-corrected chi connectivity index (χ1v) is 7.00. The zero-order valence-electron chi connectivity index (χ0n) is 11.8. The second-order valence-corrected chi connectivity index (χ2v) is 5.60. The Labute approximate surface area is 109 Å². The third-order valence-electron chi connectivity index (χ3n) is 4.28. The molecular weight excluding hydrogens is 232 g/mol. The molecule has 1 spiro atoms. The predicted octanol–water partition coefficient (Wildman–Crippen LogP) is 2.30. The number of hydrogen-bond acceptors (Lipinski definition) is 4. The third-order valence-corrected chi connectivity index (χ3v) is 4.28. The number of ether oxygens (including phenoxy) is 3. The highest BCUT2D eigenvalue weighted by Gasteiger charge is 2.75. The van der Waals surface area contributed by atoms with Crippen LogP contribution in [0.5, 0.6) is 0 Å². The van der Waals surface area contributed by atoms with Crippen molar-refractivity contribution in [2.75, 3.05) is 13.2 Å². The largest absolute Gasteiger partial charge is 0.464 e. The molecule has 0 aliphatic carbocycles. The lowest BCUT2D eigenvalue weighted by Crippen LogP contribution is -2.43. The van der Waals surface area contributed by atoms with E-state index in [0.29, 0.717) is 25.6 Å². The molecule has 2 aliphatic rings. The lowest BCUT2D eigenvalue weighted by atomic mass is 9.80. The molecule has 4 nitrogen and oxygen atoms in total. The Morgan fingerprint density at radius 3 is 2.72 bits per heavy atom. The molecule has 0 bridgehead atoms. The summed E-state index contributed by atoms with van der Waals surface area (Å²) < 4.78 is 16.9. The van der Waals surface area contributed by atoms with Crippen molar-refractivity contribution in [3.8, 4) is 0 Å². The maximum atomic E-state index is 12.1. The van der Waals surface area contributed by atoms with Crippen molar-refractivity contribution in [1.29, 1.82) is 0 Å². The van der Waals surface area contributed by atoms with Gasteiger partial charge in [0.1, 0.15) is 5.60 Å². The molecule has 0 aromatic carbocycles. The van der Waals surface area contributed by atoms with Crippen LogP contribution in [-0.4, -0.2) is 36.5 Å². The van der Waals surface area contributed by atoms with E-state index in [-0.39, 0.29) is 17.7 Å². The minimum Gasteiger partial charge on any atom is -0.464 e. The fraction of sp³-hybridized carbons (Fsp3) is 0.929. The highest BCUT2D eigenvalue weighted by Crippen LogP contribution is 2.58. The maximum Gasteiger partial charge on any atom is 0.341 e. The first kappa shape index (κ1) is 13.8. The minimum atomic E-state index is -0.708. The van der Waals surface area contributed by atoms with E-state index in [1.54, 1.807) is 0 Å². The molecule has 2 rings (SSSR count). The van der Waals surface area contributed by atoms with Crippen molar-refractivity contribution >= 4 is 5.97 Å². The quantitative estimate of drug-likeness (QED) is 0.572. The molecule has 2 fully saturated rings. The van der Waals surface area contributed by atoms with E-state index in [9.17, 15) is 4.79 Å². The van der Waals surface area contributed by atoms with Gasteiger partial charge in [-0.05, 0) is 19.3 Å². The van der Waals surface area contributed by atoms with Gasteiger partial charge in [0.05, 0.1) is 12.7 Å².